The van der Waals surface area contributed by atoms with Crippen LogP contribution in [0.1, 0.15) is 19.4 Å². The highest BCUT2D eigenvalue weighted by Crippen LogP contribution is 2.19. The maximum absolute atomic E-state index is 5.95. The molecule has 0 atom stereocenters. The van der Waals surface area contributed by atoms with Crippen LogP contribution < -0.4 is 11.5 Å². The molecule has 0 aliphatic heterocycles. The van der Waals surface area contributed by atoms with E-state index in [4.69, 9.17) is 11.5 Å². The first-order chi connectivity index (χ1) is 10.6. The topological polar surface area (TPSA) is 107 Å². The van der Waals surface area contributed by atoms with Crippen molar-refractivity contribution in [1.29, 1.82) is 0 Å². The van der Waals surface area contributed by atoms with Crippen LogP contribution in [0.15, 0.2) is 46.7 Å². The quantitative estimate of drug-likeness (QED) is 0.840. The lowest BCUT2D eigenvalue weighted by Crippen LogP contribution is -2.07. The first-order valence-corrected chi connectivity index (χ1v) is 6.78. The standard InChI is InChI=1S/C15H19N7/c1-4-8-19-10(2)5-6-12(18-3)11-7-9-22-13(11)14(16)20-15(17)21-22/h4-9H,1-3H3,(H4,16,17,20,21)/b6-5-,8-4-,18-12?,19-10-. The van der Waals surface area contributed by atoms with Crippen LogP contribution in [0.5, 0.6) is 0 Å². The number of nitrogens with two attached hydrogens (primary N) is 2. The largest absolute Gasteiger partial charge is 0.382 e. The summed E-state index contributed by atoms with van der Waals surface area (Å²) >= 11 is 0. The van der Waals surface area contributed by atoms with Crippen molar-refractivity contribution >= 4 is 28.7 Å². The van der Waals surface area contributed by atoms with Crippen molar-refractivity contribution in [1.82, 2.24) is 14.6 Å². The summed E-state index contributed by atoms with van der Waals surface area (Å²) in [5.74, 6) is 0.452. The lowest BCUT2D eigenvalue weighted by Gasteiger charge is -2.03. The minimum Gasteiger partial charge on any atom is -0.382 e. The van der Waals surface area contributed by atoms with Gasteiger partial charge in [-0.2, -0.15) is 4.98 Å². The molecular formula is C15H19N7. The predicted octanol–water partition coefficient (Wildman–Crippen LogP) is 1.86. The molecule has 114 valence electrons. The second-order valence-corrected chi connectivity index (χ2v) is 4.57. The van der Waals surface area contributed by atoms with Crippen molar-refractivity contribution in [3.8, 4) is 0 Å². The van der Waals surface area contributed by atoms with E-state index in [9.17, 15) is 0 Å². The molecule has 0 saturated carbocycles. The molecule has 2 rings (SSSR count). The molecule has 7 heteroatoms. The fourth-order valence-corrected chi connectivity index (χ4v) is 2.00. The van der Waals surface area contributed by atoms with Gasteiger partial charge in [0.05, 0.1) is 5.71 Å². The average Bonchev–Trinajstić information content (AvgIpc) is 2.89. The van der Waals surface area contributed by atoms with E-state index < -0.39 is 0 Å². The zero-order chi connectivity index (χ0) is 16.1. The van der Waals surface area contributed by atoms with E-state index in [0.717, 1.165) is 17.0 Å². The van der Waals surface area contributed by atoms with Gasteiger partial charge in [-0.15, -0.1) is 5.10 Å². The zero-order valence-electron chi connectivity index (χ0n) is 12.9. The van der Waals surface area contributed by atoms with E-state index in [-0.39, 0.29) is 5.95 Å². The number of hydrogen-bond donors (Lipinski definition) is 2. The van der Waals surface area contributed by atoms with Crippen molar-refractivity contribution in [3.63, 3.8) is 0 Å². The molecular weight excluding hydrogens is 278 g/mol. The zero-order valence-corrected chi connectivity index (χ0v) is 12.9. The molecule has 22 heavy (non-hydrogen) atoms. The van der Waals surface area contributed by atoms with Crippen LogP contribution in [-0.4, -0.2) is 33.1 Å². The Morgan fingerprint density at radius 1 is 1.32 bits per heavy atom. The number of aromatic nitrogens is 3. The van der Waals surface area contributed by atoms with Gasteiger partial charge in [0.25, 0.3) is 0 Å². The van der Waals surface area contributed by atoms with Crippen LogP contribution in [0.25, 0.3) is 5.52 Å². The molecule has 0 bridgehead atoms. The summed E-state index contributed by atoms with van der Waals surface area (Å²) < 4.78 is 1.60. The molecule has 2 heterocycles. The Labute approximate surface area is 128 Å². The predicted molar refractivity (Wildman–Crippen MR) is 91.3 cm³/mol. The Kier molecular flexibility index (Phi) is 4.67. The van der Waals surface area contributed by atoms with Crippen LogP contribution in [0.4, 0.5) is 11.8 Å². The summed E-state index contributed by atoms with van der Waals surface area (Å²) in [6.45, 7) is 3.83. The first kappa shape index (κ1) is 15.4. The smallest absolute Gasteiger partial charge is 0.240 e. The van der Waals surface area contributed by atoms with Crippen LogP contribution in [-0.2, 0) is 0 Å². The van der Waals surface area contributed by atoms with Crippen molar-refractivity contribution < 1.29 is 0 Å². The van der Waals surface area contributed by atoms with E-state index in [2.05, 4.69) is 20.1 Å². The number of aliphatic imine (C=N–C) groups is 2. The summed E-state index contributed by atoms with van der Waals surface area (Å²) in [5.41, 5.74) is 14.7. The Hall–Kier alpha value is -2.96. The highest BCUT2D eigenvalue weighted by atomic mass is 15.3. The minimum absolute atomic E-state index is 0.131. The van der Waals surface area contributed by atoms with Gasteiger partial charge < -0.3 is 11.5 Å². The third-order valence-corrected chi connectivity index (χ3v) is 2.98. The Morgan fingerprint density at radius 3 is 2.77 bits per heavy atom. The molecule has 0 spiro atoms. The third-order valence-electron chi connectivity index (χ3n) is 2.98. The second-order valence-electron chi connectivity index (χ2n) is 4.57. The first-order valence-electron chi connectivity index (χ1n) is 6.78. The van der Waals surface area contributed by atoms with Gasteiger partial charge in [-0.1, -0.05) is 6.08 Å². The number of nitrogens with zero attached hydrogens (tertiary/aromatic N) is 5. The van der Waals surface area contributed by atoms with Gasteiger partial charge in [-0.05, 0) is 32.1 Å². The summed E-state index contributed by atoms with van der Waals surface area (Å²) in [5, 5.41) is 4.10. The van der Waals surface area contributed by atoms with Gasteiger partial charge in [0.2, 0.25) is 5.95 Å². The van der Waals surface area contributed by atoms with Gasteiger partial charge >= 0.3 is 0 Å². The number of fused-ring (bicyclic) bond motifs is 1. The Balaban J connectivity index is 2.43. The van der Waals surface area contributed by atoms with Crippen molar-refractivity contribution in [2.45, 2.75) is 13.8 Å². The van der Waals surface area contributed by atoms with E-state index in [1.54, 1.807) is 24.0 Å². The lowest BCUT2D eigenvalue weighted by molar-refractivity contribution is 0.921. The SMILES string of the molecule is C\C=C/N=C(C)\C=C/C(=NC)c1ccn2nc(N)nc(N)c12. The van der Waals surface area contributed by atoms with Crippen molar-refractivity contribution in [3.05, 3.63) is 42.3 Å². The maximum atomic E-state index is 5.95. The lowest BCUT2D eigenvalue weighted by atomic mass is 10.1. The molecule has 0 amide bonds. The molecule has 0 aliphatic rings. The van der Waals surface area contributed by atoms with Crippen molar-refractivity contribution in [2.24, 2.45) is 9.98 Å². The van der Waals surface area contributed by atoms with Crippen LogP contribution >= 0.6 is 0 Å². The average molecular weight is 297 g/mol. The molecule has 0 radical (unpaired) electrons. The summed E-state index contributed by atoms with van der Waals surface area (Å²) in [7, 11) is 1.72. The Morgan fingerprint density at radius 2 is 2.09 bits per heavy atom. The van der Waals surface area contributed by atoms with Gasteiger partial charge in [-0.3, -0.25) is 9.98 Å². The van der Waals surface area contributed by atoms with Gasteiger partial charge in [0.15, 0.2) is 5.82 Å². The van der Waals surface area contributed by atoms with Gasteiger partial charge in [0.1, 0.15) is 5.52 Å². The van der Waals surface area contributed by atoms with E-state index >= 15 is 0 Å². The fourth-order valence-electron chi connectivity index (χ4n) is 2.00. The Bertz CT molecular complexity index is 794. The van der Waals surface area contributed by atoms with Crippen LogP contribution in [0, 0.1) is 0 Å². The highest BCUT2D eigenvalue weighted by molar-refractivity contribution is 6.16. The monoisotopic (exact) mass is 297 g/mol. The van der Waals surface area contributed by atoms with Crippen LogP contribution in [0.2, 0.25) is 0 Å². The molecule has 0 aliphatic carbocycles. The number of anilines is 2. The molecule has 4 N–H and O–H groups in total. The molecule has 0 unspecified atom stereocenters. The number of allylic oxidation sites excluding steroid dienone is 3. The molecule has 0 saturated heterocycles. The number of nitrogen functional groups attached to an aromatic ring is 2. The molecule has 7 nitrogen and oxygen atoms in total. The second kappa shape index (κ2) is 6.66. The van der Waals surface area contributed by atoms with E-state index in [0.29, 0.717) is 11.3 Å². The normalized spacial score (nSPS) is 13.8. The summed E-state index contributed by atoms with van der Waals surface area (Å²) in [6.07, 6.45) is 9.16. The van der Waals surface area contributed by atoms with E-state index in [1.165, 1.54) is 0 Å². The minimum atomic E-state index is 0.131. The maximum Gasteiger partial charge on any atom is 0.240 e. The molecule has 0 fully saturated rings. The van der Waals surface area contributed by atoms with Gasteiger partial charge in [-0.25, -0.2) is 4.52 Å². The molecule has 2 aromatic heterocycles. The van der Waals surface area contributed by atoms with Crippen LogP contribution in [0.3, 0.4) is 0 Å². The number of rotatable bonds is 4. The number of hydrogen-bond acceptors (Lipinski definition) is 6. The summed E-state index contributed by atoms with van der Waals surface area (Å²) in [6, 6.07) is 1.88. The van der Waals surface area contributed by atoms with Crippen molar-refractivity contribution in [2.75, 3.05) is 18.5 Å². The van der Waals surface area contributed by atoms with Gasteiger partial charge in [0, 0.05) is 30.7 Å². The fraction of sp³-hybridized carbons (Fsp3) is 0.200. The molecule has 2 aromatic rings. The molecule has 0 aromatic carbocycles. The highest BCUT2D eigenvalue weighted by Gasteiger charge is 2.12. The third kappa shape index (κ3) is 3.20. The van der Waals surface area contributed by atoms with E-state index in [1.807, 2.05) is 38.1 Å². The summed E-state index contributed by atoms with van der Waals surface area (Å²) in [4.78, 5) is 12.5.